The van der Waals surface area contributed by atoms with Crippen LogP contribution in [0.3, 0.4) is 0 Å². The number of fused-ring (bicyclic) bond motifs is 1. The molecule has 1 saturated heterocycles. The monoisotopic (exact) mass is 304 g/mol. The van der Waals surface area contributed by atoms with E-state index in [0.29, 0.717) is 36.9 Å². The van der Waals surface area contributed by atoms with Crippen molar-refractivity contribution in [1.29, 1.82) is 0 Å². The van der Waals surface area contributed by atoms with E-state index in [1.54, 1.807) is 4.90 Å². The summed E-state index contributed by atoms with van der Waals surface area (Å²) in [5, 5.41) is 6.15. The van der Waals surface area contributed by atoms with E-state index >= 15 is 0 Å². The lowest BCUT2D eigenvalue weighted by atomic mass is 10.2. The number of oxazole rings is 1. The number of amides is 1. The lowest BCUT2D eigenvalue weighted by Gasteiger charge is -2.23. The van der Waals surface area contributed by atoms with Crippen molar-refractivity contribution in [3.8, 4) is 0 Å². The van der Waals surface area contributed by atoms with E-state index in [-0.39, 0.29) is 11.9 Å². The van der Waals surface area contributed by atoms with Crippen LogP contribution in [0.4, 0.5) is 11.7 Å². The number of rotatable bonds is 4. The Hall–Kier alpha value is -2.12. The van der Waals surface area contributed by atoms with Crippen molar-refractivity contribution < 1.29 is 13.9 Å². The molecule has 0 radical (unpaired) electrons. The van der Waals surface area contributed by atoms with E-state index in [9.17, 15) is 4.79 Å². The van der Waals surface area contributed by atoms with E-state index in [2.05, 4.69) is 15.6 Å². The van der Waals surface area contributed by atoms with Crippen LogP contribution >= 0.6 is 0 Å². The van der Waals surface area contributed by atoms with Crippen LogP contribution in [0.5, 0.6) is 0 Å². The van der Waals surface area contributed by atoms with E-state index < -0.39 is 0 Å². The molecule has 0 bridgehead atoms. The van der Waals surface area contributed by atoms with Crippen LogP contribution in [0.2, 0.25) is 0 Å². The molecule has 0 spiro atoms. The highest BCUT2D eigenvalue weighted by Gasteiger charge is 2.17. The highest BCUT2D eigenvalue weighted by atomic mass is 16.5. The molecule has 118 valence electrons. The minimum absolute atomic E-state index is 0.0429. The molecule has 0 aliphatic carbocycles. The Morgan fingerprint density at radius 2 is 2.36 bits per heavy atom. The highest BCUT2D eigenvalue weighted by molar-refractivity contribution is 5.93. The van der Waals surface area contributed by atoms with Gasteiger partial charge in [-0.05, 0) is 18.2 Å². The van der Waals surface area contributed by atoms with Gasteiger partial charge in [-0.3, -0.25) is 4.79 Å². The fraction of sp³-hybridized carbons (Fsp3) is 0.467. The Bertz CT molecular complexity index is 662. The maximum Gasteiger partial charge on any atom is 0.297 e. The molecular weight excluding hydrogens is 284 g/mol. The normalized spacial score (nSPS) is 18.4. The topological polar surface area (TPSA) is 79.6 Å². The number of carbonyl (C=O) groups is 1. The van der Waals surface area contributed by atoms with Gasteiger partial charge in [0.1, 0.15) is 5.52 Å². The van der Waals surface area contributed by atoms with Gasteiger partial charge in [-0.15, -0.1) is 0 Å². The largest absolute Gasteiger partial charge is 0.423 e. The second kappa shape index (κ2) is 6.33. The number of hydrogen-bond acceptors (Lipinski definition) is 6. The maximum absolute atomic E-state index is 12.1. The number of ether oxygens (including phenoxy) is 1. The van der Waals surface area contributed by atoms with Crippen molar-refractivity contribution in [2.75, 3.05) is 44.1 Å². The quantitative estimate of drug-likeness (QED) is 0.884. The SMILES string of the molecule is CN(C)c1nc2cc(NC(=O)CC3COCCN3)ccc2o1. The standard InChI is InChI=1S/C15H20N4O3/c1-19(2)15-18-12-7-10(3-4-13(12)22-15)17-14(20)8-11-9-21-6-5-16-11/h3-4,7,11,16H,5-6,8-9H2,1-2H3,(H,17,20). The van der Waals surface area contributed by atoms with Crippen LogP contribution in [0.25, 0.3) is 11.1 Å². The Morgan fingerprint density at radius 1 is 1.50 bits per heavy atom. The molecule has 2 N–H and O–H groups in total. The Balaban J connectivity index is 1.66. The van der Waals surface area contributed by atoms with Crippen LogP contribution in [-0.4, -0.2) is 50.8 Å². The Labute approximate surface area is 128 Å². The van der Waals surface area contributed by atoms with Gasteiger partial charge in [0.2, 0.25) is 5.91 Å². The Kier molecular flexibility index (Phi) is 4.26. The second-order valence-corrected chi connectivity index (χ2v) is 5.55. The van der Waals surface area contributed by atoms with Crippen molar-refractivity contribution in [2.24, 2.45) is 0 Å². The lowest BCUT2D eigenvalue weighted by molar-refractivity contribution is -0.117. The molecule has 2 heterocycles. The smallest absolute Gasteiger partial charge is 0.297 e. The molecule has 1 unspecified atom stereocenters. The summed E-state index contributed by atoms with van der Waals surface area (Å²) in [4.78, 5) is 18.2. The van der Waals surface area contributed by atoms with Crippen molar-refractivity contribution in [2.45, 2.75) is 12.5 Å². The van der Waals surface area contributed by atoms with Crippen LogP contribution < -0.4 is 15.5 Å². The Morgan fingerprint density at radius 3 is 3.09 bits per heavy atom. The summed E-state index contributed by atoms with van der Waals surface area (Å²) in [6.45, 7) is 2.06. The first-order chi connectivity index (χ1) is 10.6. The zero-order valence-electron chi connectivity index (χ0n) is 12.8. The summed E-state index contributed by atoms with van der Waals surface area (Å²) in [6, 6.07) is 6.06. The van der Waals surface area contributed by atoms with Crippen molar-refractivity contribution in [3.05, 3.63) is 18.2 Å². The van der Waals surface area contributed by atoms with Crippen molar-refractivity contribution in [3.63, 3.8) is 0 Å². The van der Waals surface area contributed by atoms with Gasteiger partial charge < -0.3 is 24.7 Å². The summed E-state index contributed by atoms with van der Waals surface area (Å²) in [6.07, 6.45) is 0.389. The molecule has 22 heavy (non-hydrogen) atoms. The molecule has 1 aliphatic heterocycles. The van der Waals surface area contributed by atoms with Gasteiger partial charge in [0.15, 0.2) is 5.58 Å². The third-order valence-electron chi connectivity index (χ3n) is 3.47. The third-order valence-corrected chi connectivity index (χ3v) is 3.47. The average molecular weight is 304 g/mol. The van der Waals surface area contributed by atoms with Gasteiger partial charge in [-0.1, -0.05) is 0 Å². The van der Waals surface area contributed by atoms with E-state index in [1.807, 2.05) is 32.3 Å². The summed E-state index contributed by atoms with van der Waals surface area (Å²) >= 11 is 0. The number of hydrogen-bond donors (Lipinski definition) is 2. The molecule has 2 aromatic rings. The molecule has 1 amide bonds. The summed E-state index contributed by atoms with van der Waals surface area (Å²) < 4.78 is 10.9. The molecular formula is C15H20N4O3. The molecule has 0 saturated carbocycles. The number of nitrogens with one attached hydrogen (secondary N) is 2. The van der Waals surface area contributed by atoms with Gasteiger partial charge in [0.25, 0.3) is 6.01 Å². The molecule has 1 fully saturated rings. The lowest BCUT2D eigenvalue weighted by Crippen LogP contribution is -2.43. The number of benzene rings is 1. The first-order valence-corrected chi connectivity index (χ1v) is 7.31. The molecule has 7 nitrogen and oxygen atoms in total. The molecule has 7 heteroatoms. The fourth-order valence-corrected chi connectivity index (χ4v) is 2.37. The zero-order chi connectivity index (χ0) is 15.5. The number of aromatic nitrogens is 1. The van der Waals surface area contributed by atoms with Crippen LogP contribution in [-0.2, 0) is 9.53 Å². The average Bonchev–Trinajstić information content (AvgIpc) is 2.91. The number of nitrogens with zero attached hydrogens (tertiary/aromatic N) is 2. The van der Waals surface area contributed by atoms with Crippen molar-refractivity contribution >= 4 is 28.7 Å². The molecule has 1 aromatic carbocycles. The minimum Gasteiger partial charge on any atom is -0.423 e. The maximum atomic E-state index is 12.1. The molecule has 1 aliphatic rings. The summed E-state index contributed by atoms with van der Waals surface area (Å²) in [5.74, 6) is -0.0429. The summed E-state index contributed by atoms with van der Waals surface area (Å²) in [7, 11) is 3.74. The van der Waals surface area contributed by atoms with Crippen LogP contribution in [0.1, 0.15) is 6.42 Å². The van der Waals surface area contributed by atoms with Crippen LogP contribution in [0, 0.1) is 0 Å². The fourth-order valence-electron chi connectivity index (χ4n) is 2.37. The van der Waals surface area contributed by atoms with E-state index in [4.69, 9.17) is 9.15 Å². The van der Waals surface area contributed by atoms with Crippen molar-refractivity contribution in [1.82, 2.24) is 10.3 Å². The highest BCUT2D eigenvalue weighted by Crippen LogP contribution is 2.23. The van der Waals surface area contributed by atoms with Gasteiger partial charge in [-0.25, -0.2) is 0 Å². The summed E-state index contributed by atoms with van der Waals surface area (Å²) in [5.41, 5.74) is 2.14. The molecule has 3 rings (SSSR count). The molecule has 1 atom stereocenters. The second-order valence-electron chi connectivity index (χ2n) is 5.55. The van der Waals surface area contributed by atoms with E-state index in [0.717, 1.165) is 12.1 Å². The predicted octanol–water partition coefficient (Wildman–Crippen LogP) is 1.21. The minimum atomic E-state index is -0.0429. The van der Waals surface area contributed by atoms with Gasteiger partial charge in [0.05, 0.1) is 13.2 Å². The number of carbonyl (C=O) groups excluding carboxylic acids is 1. The molecule has 1 aromatic heterocycles. The van der Waals surface area contributed by atoms with Gasteiger partial charge in [0, 0.05) is 38.8 Å². The van der Waals surface area contributed by atoms with E-state index in [1.165, 1.54) is 0 Å². The van der Waals surface area contributed by atoms with Gasteiger partial charge >= 0.3 is 0 Å². The van der Waals surface area contributed by atoms with Gasteiger partial charge in [-0.2, -0.15) is 4.98 Å². The first kappa shape index (κ1) is 14.8. The number of anilines is 2. The first-order valence-electron chi connectivity index (χ1n) is 7.31. The number of morpholine rings is 1. The zero-order valence-corrected chi connectivity index (χ0v) is 12.8. The van der Waals surface area contributed by atoms with Crippen LogP contribution in [0.15, 0.2) is 22.6 Å². The predicted molar refractivity (Wildman–Crippen MR) is 84.2 cm³/mol. The third kappa shape index (κ3) is 3.37.